The number of aromatic nitrogens is 2. The Balaban J connectivity index is 2.27. The lowest BCUT2D eigenvalue weighted by atomic mass is 10.3. The molecule has 1 unspecified atom stereocenters. The zero-order valence-electron chi connectivity index (χ0n) is 7.91. The molecular weight excluding hydrogens is 239 g/mol. The number of hydrogen-bond donors (Lipinski definition) is 0. The molecule has 0 aliphatic carbocycles. The maximum absolute atomic E-state index is 5.95. The van der Waals surface area contributed by atoms with E-state index < -0.39 is 0 Å². The minimum Gasteiger partial charge on any atom is -0.440 e. The summed E-state index contributed by atoms with van der Waals surface area (Å²) in [4.78, 5) is 4.10. The summed E-state index contributed by atoms with van der Waals surface area (Å²) in [7, 11) is 0. The number of furan rings is 1. The van der Waals surface area contributed by atoms with Crippen molar-refractivity contribution in [1.82, 2.24) is 10.1 Å². The molecule has 2 aromatic rings. The van der Waals surface area contributed by atoms with E-state index in [4.69, 9.17) is 32.1 Å². The molecule has 0 fully saturated rings. The summed E-state index contributed by atoms with van der Waals surface area (Å²) in [5.41, 5.74) is 0. The molecule has 2 heterocycles. The highest BCUT2D eigenvalue weighted by molar-refractivity contribution is 6.28. The highest BCUT2D eigenvalue weighted by atomic mass is 35.5. The second-order valence-electron chi connectivity index (χ2n) is 2.94. The van der Waals surface area contributed by atoms with Gasteiger partial charge in [-0.2, -0.15) is 4.98 Å². The Kier molecular flexibility index (Phi) is 2.98. The first-order valence-electron chi connectivity index (χ1n) is 4.44. The van der Waals surface area contributed by atoms with Gasteiger partial charge < -0.3 is 8.94 Å². The molecule has 0 aliphatic rings. The molecule has 80 valence electrons. The maximum atomic E-state index is 5.95. The van der Waals surface area contributed by atoms with Crippen LogP contribution in [0, 0.1) is 0 Å². The van der Waals surface area contributed by atoms with Gasteiger partial charge in [0, 0.05) is 0 Å². The summed E-state index contributed by atoms with van der Waals surface area (Å²) >= 11 is 11.6. The molecule has 6 heteroatoms. The van der Waals surface area contributed by atoms with E-state index in [2.05, 4.69) is 10.1 Å². The maximum Gasteiger partial charge on any atom is 0.293 e. The van der Waals surface area contributed by atoms with E-state index in [-0.39, 0.29) is 16.5 Å². The number of alkyl halides is 1. The van der Waals surface area contributed by atoms with Gasteiger partial charge in [0.25, 0.3) is 5.89 Å². The van der Waals surface area contributed by atoms with Crippen molar-refractivity contribution in [3.63, 3.8) is 0 Å². The Morgan fingerprint density at radius 2 is 2.27 bits per heavy atom. The third-order valence-electron chi connectivity index (χ3n) is 1.86. The molecule has 0 amide bonds. The van der Waals surface area contributed by atoms with Crippen LogP contribution in [0.3, 0.4) is 0 Å². The summed E-state index contributed by atoms with van der Waals surface area (Å²) in [5, 5.41) is 3.79. The molecule has 0 aliphatic heterocycles. The van der Waals surface area contributed by atoms with Crippen LogP contribution in [0.15, 0.2) is 21.1 Å². The zero-order chi connectivity index (χ0) is 10.8. The Morgan fingerprint density at radius 3 is 2.87 bits per heavy atom. The van der Waals surface area contributed by atoms with Gasteiger partial charge in [-0.25, -0.2) is 0 Å². The molecule has 0 aromatic carbocycles. The Bertz CT molecular complexity index is 452. The lowest BCUT2D eigenvalue weighted by Crippen LogP contribution is -1.90. The van der Waals surface area contributed by atoms with E-state index in [1.165, 1.54) is 0 Å². The van der Waals surface area contributed by atoms with Crippen molar-refractivity contribution in [2.45, 2.75) is 18.7 Å². The summed E-state index contributed by atoms with van der Waals surface area (Å²) in [6.45, 7) is 1.94. The van der Waals surface area contributed by atoms with E-state index in [0.717, 1.165) is 6.42 Å². The first kappa shape index (κ1) is 10.5. The fraction of sp³-hybridized carbons (Fsp3) is 0.333. The Morgan fingerprint density at radius 1 is 1.47 bits per heavy atom. The molecule has 0 saturated heterocycles. The first-order valence-corrected chi connectivity index (χ1v) is 5.25. The summed E-state index contributed by atoms with van der Waals surface area (Å²) in [6, 6.07) is 3.27. The average Bonchev–Trinajstić information content (AvgIpc) is 2.84. The molecule has 0 N–H and O–H groups in total. The van der Waals surface area contributed by atoms with Crippen LogP contribution in [0.1, 0.15) is 24.5 Å². The highest BCUT2D eigenvalue weighted by Gasteiger charge is 2.16. The van der Waals surface area contributed by atoms with E-state index in [1.54, 1.807) is 12.1 Å². The van der Waals surface area contributed by atoms with Gasteiger partial charge in [-0.3, -0.25) is 0 Å². The normalized spacial score (nSPS) is 13.0. The fourth-order valence-electron chi connectivity index (χ4n) is 1.07. The predicted molar refractivity (Wildman–Crippen MR) is 55.9 cm³/mol. The standard InChI is InChI=1S/C9H8Cl2N2O2/c1-2-5(10)8-12-9(15-13-8)6-3-4-7(11)14-6/h3-5H,2H2,1H3. The number of rotatable bonds is 3. The van der Waals surface area contributed by atoms with Gasteiger partial charge in [-0.15, -0.1) is 11.6 Å². The second kappa shape index (κ2) is 4.24. The van der Waals surface area contributed by atoms with E-state index >= 15 is 0 Å². The Hall–Kier alpha value is -1.00. The minimum absolute atomic E-state index is 0.243. The van der Waals surface area contributed by atoms with Crippen LogP contribution in [-0.2, 0) is 0 Å². The SMILES string of the molecule is CCC(Cl)c1noc(-c2ccc(Cl)o2)n1. The first-order chi connectivity index (χ1) is 7.20. The van der Waals surface area contributed by atoms with Gasteiger partial charge in [0.05, 0.1) is 5.38 Å². The number of nitrogens with zero attached hydrogens (tertiary/aromatic N) is 2. The van der Waals surface area contributed by atoms with Gasteiger partial charge in [-0.1, -0.05) is 12.1 Å². The van der Waals surface area contributed by atoms with Crippen molar-refractivity contribution < 1.29 is 8.94 Å². The second-order valence-corrected chi connectivity index (χ2v) is 3.84. The summed E-state index contributed by atoms with van der Waals surface area (Å²) in [5.74, 6) is 1.19. The topological polar surface area (TPSA) is 52.1 Å². The highest BCUT2D eigenvalue weighted by Crippen LogP contribution is 2.26. The van der Waals surface area contributed by atoms with Crippen molar-refractivity contribution in [3.8, 4) is 11.7 Å². The minimum atomic E-state index is -0.243. The molecule has 0 saturated carbocycles. The van der Waals surface area contributed by atoms with Gasteiger partial charge in [0.15, 0.2) is 16.8 Å². The van der Waals surface area contributed by atoms with Crippen molar-refractivity contribution in [1.29, 1.82) is 0 Å². The van der Waals surface area contributed by atoms with Crippen molar-refractivity contribution in [2.75, 3.05) is 0 Å². The van der Waals surface area contributed by atoms with Gasteiger partial charge in [0.1, 0.15) is 0 Å². The van der Waals surface area contributed by atoms with Crippen LogP contribution in [0.5, 0.6) is 0 Å². The quantitative estimate of drug-likeness (QED) is 0.776. The Labute approximate surface area is 96.2 Å². The van der Waals surface area contributed by atoms with Crippen LogP contribution >= 0.6 is 23.2 Å². The molecule has 2 rings (SSSR count). The molecule has 4 nitrogen and oxygen atoms in total. The molecule has 2 aromatic heterocycles. The van der Waals surface area contributed by atoms with Gasteiger partial charge in [0.2, 0.25) is 0 Å². The molecule has 0 radical (unpaired) electrons. The third-order valence-corrected chi connectivity index (χ3v) is 2.57. The monoisotopic (exact) mass is 246 g/mol. The number of hydrogen-bond acceptors (Lipinski definition) is 4. The van der Waals surface area contributed by atoms with Crippen LogP contribution in [-0.4, -0.2) is 10.1 Å². The van der Waals surface area contributed by atoms with Crippen LogP contribution in [0.2, 0.25) is 5.22 Å². The average molecular weight is 247 g/mol. The van der Waals surface area contributed by atoms with Crippen molar-refractivity contribution in [2.24, 2.45) is 0 Å². The summed E-state index contributed by atoms with van der Waals surface area (Å²) < 4.78 is 10.1. The van der Waals surface area contributed by atoms with Gasteiger partial charge in [-0.05, 0) is 30.2 Å². The third kappa shape index (κ3) is 2.16. The molecule has 1 atom stereocenters. The smallest absolute Gasteiger partial charge is 0.293 e. The lowest BCUT2D eigenvalue weighted by molar-refractivity contribution is 0.408. The van der Waals surface area contributed by atoms with Gasteiger partial charge >= 0.3 is 0 Å². The molecule has 0 bridgehead atoms. The number of halogens is 2. The molecule has 15 heavy (non-hydrogen) atoms. The lowest BCUT2D eigenvalue weighted by Gasteiger charge is -1.95. The van der Waals surface area contributed by atoms with Crippen LogP contribution in [0.25, 0.3) is 11.7 Å². The summed E-state index contributed by atoms with van der Waals surface area (Å²) in [6.07, 6.45) is 0.736. The fourth-order valence-corrected chi connectivity index (χ4v) is 1.31. The predicted octanol–water partition coefficient (Wildman–Crippen LogP) is 3.67. The van der Waals surface area contributed by atoms with E-state index in [9.17, 15) is 0 Å². The largest absolute Gasteiger partial charge is 0.440 e. The molecule has 0 spiro atoms. The zero-order valence-corrected chi connectivity index (χ0v) is 9.42. The van der Waals surface area contributed by atoms with E-state index in [1.807, 2.05) is 6.92 Å². The van der Waals surface area contributed by atoms with Crippen LogP contribution in [0.4, 0.5) is 0 Å². The molecular formula is C9H8Cl2N2O2. The van der Waals surface area contributed by atoms with E-state index in [0.29, 0.717) is 11.6 Å². The van der Waals surface area contributed by atoms with Crippen LogP contribution < -0.4 is 0 Å². The van der Waals surface area contributed by atoms with Crippen molar-refractivity contribution in [3.05, 3.63) is 23.2 Å². The van der Waals surface area contributed by atoms with Crippen molar-refractivity contribution >= 4 is 23.2 Å².